The molecule has 0 saturated carbocycles. The fraction of sp³-hybridized carbons (Fsp3) is 0.632. The van der Waals surface area contributed by atoms with Gasteiger partial charge in [0.2, 0.25) is 0 Å². The highest BCUT2D eigenvalue weighted by Crippen LogP contribution is 2.28. The van der Waals surface area contributed by atoms with Crippen molar-refractivity contribution in [2.45, 2.75) is 45.8 Å². The molecule has 1 aromatic rings. The largest absolute Gasteiger partial charge is 0.493 e. The molecule has 134 valence electrons. The van der Waals surface area contributed by atoms with Crippen LogP contribution in [-0.2, 0) is 9.47 Å². The summed E-state index contributed by atoms with van der Waals surface area (Å²) < 4.78 is 21.8. The Balaban J connectivity index is 1.74. The Hall–Kier alpha value is -1.59. The summed E-state index contributed by atoms with van der Waals surface area (Å²) >= 11 is 0. The highest BCUT2D eigenvalue weighted by Gasteiger charge is 2.27. The molecule has 0 aromatic heterocycles. The first-order valence-corrected chi connectivity index (χ1v) is 8.43. The molecule has 24 heavy (non-hydrogen) atoms. The van der Waals surface area contributed by atoms with E-state index in [0.29, 0.717) is 23.5 Å². The SMILES string of the molecule is COc1ccc(C(=O)CCCCC2OCC(C)(C)CO2)cc1OC. The molecule has 0 atom stereocenters. The van der Waals surface area contributed by atoms with Crippen molar-refractivity contribution in [2.24, 2.45) is 5.41 Å². The van der Waals surface area contributed by atoms with Crippen molar-refractivity contribution in [3.63, 3.8) is 0 Å². The topological polar surface area (TPSA) is 54.0 Å². The van der Waals surface area contributed by atoms with Crippen molar-refractivity contribution in [3.05, 3.63) is 23.8 Å². The van der Waals surface area contributed by atoms with Crippen molar-refractivity contribution in [3.8, 4) is 11.5 Å². The van der Waals surface area contributed by atoms with Gasteiger partial charge in [-0.1, -0.05) is 13.8 Å². The van der Waals surface area contributed by atoms with Gasteiger partial charge in [0.15, 0.2) is 23.6 Å². The number of carbonyl (C=O) groups is 1. The number of Topliss-reactive ketones (excluding diaryl/α,β-unsaturated/α-hetero) is 1. The molecule has 1 aliphatic heterocycles. The van der Waals surface area contributed by atoms with Gasteiger partial charge < -0.3 is 18.9 Å². The van der Waals surface area contributed by atoms with Gasteiger partial charge in [0.1, 0.15) is 0 Å². The van der Waals surface area contributed by atoms with Gasteiger partial charge in [-0.25, -0.2) is 0 Å². The van der Waals surface area contributed by atoms with Crippen LogP contribution < -0.4 is 9.47 Å². The van der Waals surface area contributed by atoms with Gasteiger partial charge in [-0.2, -0.15) is 0 Å². The lowest BCUT2D eigenvalue weighted by Gasteiger charge is -2.34. The second-order valence-electron chi connectivity index (χ2n) is 6.95. The molecule has 0 radical (unpaired) electrons. The summed E-state index contributed by atoms with van der Waals surface area (Å²) in [5, 5.41) is 0. The van der Waals surface area contributed by atoms with E-state index in [4.69, 9.17) is 18.9 Å². The maximum Gasteiger partial charge on any atom is 0.163 e. The van der Waals surface area contributed by atoms with Crippen LogP contribution in [0.2, 0.25) is 0 Å². The summed E-state index contributed by atoms with van der Waals surface area (Å²) in [6.07, 6.45) is 2.93. The molecule has 2 rings (SSSR count). The minimum absolute atomic E-state index is 0.0971. The number of benzene rings is 1. The summed E-state index contributed by atoms with van der Waals surface area (Å²) in [5.74, 6) is 1.32. The Morgan fingerprint density at radius 1 is 1.12 bits per heavy atom. The number of unbranched alkanes of at least 4 members (excludes halogenated alkanes) is 1. The second-order valence-corrected chi connectivity index (χ2v) is 6.95. The molecular weight excluding hydrogens is 308 g/mol. The molecule has 1 saturated heterocycles. The number of methoxy groups -OCH3 is 2. The van der Waals surface area contributed by atoms with Crippen LogP contribution in [0.15, 0.2) is 18.2 Å². The zero-order chi connectivity index (χ0) is 17.6. The zero-order valence-corrected chi connectivity index (χ0v) is 15.1. The van der Waals surface area contributed by atoms with E-state index in [9.17, 15) is 4.79 Å². The molecule has 0 N–H and O–H groups in total. The van der Waals surface area contributed by atoms with Gasteiger partial charge in [-0.05, 0) is 37.5 Å². The first-order chi connectivity index (χ1) is 11.4. The average molecular weight is 336 g/mol. The monoisotopic (exact) mass is 336 g/mol. The summed E-state index contributed by atoms with van der Waals surface area (Å²) in [6, 6.07) is 5.27. The van der Waals surface area contributed by atoms with Crippen LogP contribution in [0.1, 0.15) is 49.9 Å². The molecule has 0 unspecified atom stereocenters. The summed E-state index contributed by atoms with van der Waals surface area (Å²) in [5.41, 5.74) is 0.749. The molecule has 0 spiro atoms. The van der Waals surface area contributed by atoms with Crippen molar-refractivity contribution in [2.75, 3.05) is 27.4 Å². The molecule has 5 heteroatoms. The highest BCUT2D eigenvalue weighted by atomic mass is 16.7. The minimum atomic E-state index is -0.130. The third-order valence-electron chi connectivity index (χ3n) is 4.12. The number of ether oxygens (including phenoxy) is 4. The fourth-order valence-electron chi connectivity index (χ4n) is 2.64. The molecule has 1 heterocycles. The van der Waals surface area contributed by atoms with E-state index in [0.717, 1.165) is 32.5 Å². The lowest BCUT2D eigenvalue weighted by molar-refractivity contribution is -0.224. The van der Waals surface area contributed by atoms with Crippen LogP contribution in [0, 0.1) is 5.41 Å². The van der Waals surface area contributed by atoms with Crippen molar-refractivity contribution < 1.29 is 23.7 Å². The van der Waals surface area contributed by atoms with Crippen molar-refractivity contribution in [1.82, 2.24) is 0 Å². The van der Waals surface area contributed by atoms with Crippen LogP contribution in [0.3, 0.4) is 0 Å². The van der Waals surface area contributed by atoms with Crippen LogP contribution in [0.5, 0.6) is 11.5 Å². The fourth-order valence-corrected chi connectivity index (χ4v) is 2.64. The minimum Gasteiger partial charge on any atom is -0.493 e. The molecule has 0 amide bonds. The zero-order valence-electron chi connectivity index (χ0n) is 15.1. The summed E-state index contributed by atoms with van der Waals surface area (Å²) in [6.45, 7) is 5.71. The quantitative estimate of drug-likeness (QED) is 0.533. The Morgan fingerprint density at radius 2 is 1.79 bits per heavy atom. The van der Waals surface area contributed by atoms with Crippen LogP contribution >= 0.6 is 0 Å². The van der Waals surface area contributed by atoms with Crippen LogP contribution in [0.4, 0.5) is 0 Å². The summed E-state index contributed by atoms with van der Waals surface area (Å²) in [4.78, 5) is 12.3. The third kappa shape index (κ3) is 5.21. The molecule has 1 aromatic carbocycles. The van der Waals surface area contributed by atoms with E-state index in [2.05, 4.69) is 13.8 Å². The normalized spacial score (nSPS) is 17.5. The van der Waals surface area contributed by atoms with Gasteiger partial charge in [-0.15, -0.1) is 0 Å². The van der Waals surface area contributed by atoms with Crippen LogP contribution in [-0.4, -0.2) is 39.5 Å². The number of ketones is 1. The average Bonchev–Trinajstić information content (AvgIpc) is 2.59. The Labute approximate surface area is 144 Å². The molecule has 1 fully saturated rings. The van der Waals surface area contributed by atoms with E-state index < -0.39 is 0 Å². The summed E-state index contributed by atoms with van der Waals surface area (Å²) in [7, 11) is 3.15. The molecular formula is C19H28O5. The van der Waals surface area contributed by atoms with Gasteiger partial charge in [0, 0.05) is 17.4 Å². The van der Waals surface area contributed by atoms with E-state index in [1.165, 1.54) is 0 Å². The second kappa shape index (κ2) is 8.49. The number of hydrogen-bond acceptors (Lipinski definition) is 5. The Kier molecular flexibility index (Phi) is 6.63. The van der Waals surface area contributed by atoms with Gasteiger partial charge in [-0.3, -0.25) is 4.79 Å². The van der Waals surface area contributed by atoms with E-state index in [1.54, 1.807) is 32.4 Å². The van der Waals surface area contributed by atoms with Gasteiger partial charge in [0.25, 0.3) is 0 Å². The third-order valence-corrected chi connectivity index (χ3v) is 4.12. The lowest BCUT2D eigenvalue weighted by atomic mass is 9.95. The highest BCUT2D eigenvalue weighted by molar-refractivity contribution is 5.96. The molecule has 0 bridgehead atoms. The van der Waals surface area contributed by atoms with E-state index in [1.807, 2.05) is 0 Å². The van der Waals surface area contributed by atoms with Gasteiger partial charge >= 0.3 is 0 Å². The van der Waals surface area contributed by atoms with Crippen molar-refractivity contribution >= 4 is 5.78 Å². The maximum absolute atomic E-state index is 12.3. The van der Waals surface area contributed by atoms with Crippen LogP contribution in [0.25, 0.3) is 0 Å². The van der Waals surface area contributed by atoms with Gasteiger partial charge in [0.05, 0.1) is 27.4 Å². The smallest absolute Gasteiger partial charge is 0.163 e. The first kappa shape index (κ1) is 18.7. The number of hydrogen-bond donors (Lipinski definition) is 0. The Bertz CT molecular complexity index is 543. The predicted octanol–water partition coefficient (Wildman–Crippen LogP) is 3.85. The van der Waals surface area contributed by atoms with E-state index >= 15 is 0 Å². The standard InChI is InChI=1S/C19H28O5/c1-19(2)12-23-18(24-13-19)8-6-5-7-15(20)14-9-10-16(21-3)17(11-14)22-4/h9-11,18H,5-8,12-13H2,1-4H3. The van der Waals surface area contributed by atoms with Crippen molar-refractivity contribution in [1.29, 1.82) is 0 Å². The molecule has 5 nitrogen and oxygen atoms in total. The molecule has 0 aliphatic carbocycles. The first-order valence-electron chi connectivity index (χ1n) is 8.43. The van der Waals surface area contributed by atoms with E-state index in [-0.39, 0.29) is 17.5 Å². The Morgan fingerprint density at radius 3 is 2.42 bits per heavy atom. The lowest BCUT2D eigenvalue weighted by Crippen LogP contribution is -2.37. The number of carbonyl (C=O) groups excluding carboxylic acids is 1. The molecule has 1 aliphatic rings. The predicted molar refractivity (Wildman–Crippen MR) is 91.8 cm³/mol. The number of rotatable bonds is 8. The maximum atomic E-state index is 12.3.